The van der Waals surface area contributed by atoms with Crippen molar-refractivity contribution in [2.45, 2.75) is 6.18 Å². The van der Waals surface area contributed by atoms with Crippen molar-refractivity contribution in [3.63, 3.8) is 0 Å². The Hall–Kier alpha value is -2.64. The predicted molar refractivity (Wildman–Crippen MR) is 67.9 cm³/mol. The lowest BCUT2D eigenvalue weighted by Gasteiger charge is -2.08. The van der Waals surface area contributed by atoms with Crippen LogP contribution < -0.4 is 4.74 Å². The number of nitrogens with zero attached hydrogens (tertiary/aromatic N) is 2. The SMILES string of the molecule is COc1ccc([N+](=O)[O-])nc1-c1ccc(C(F)(F)F)cc1. The van der Waals surface area contributed by atoms with Crippen LogP contribution in [-0.2, 0) is 6.18 Å². The van der Waals surface area contributed by atoms with Gasteiger partial charge in [0.05, 0.1) is 12.7 Å². The van der Waals surface area contributed by atoms with E-state index >= 15 is 0 Å². The van der Waals surface area contributed by atoms with Crippen molar-refractivity contribution < 1.29 is 22.8 Å². The standard InChI is InChI=1S/C13H9F3N2O3/c1-21-10-6-7-11(18(19)20)17-12(10)8-2-4-9(5-3-8)13(14,15)16/h2-7H,1H3. The Labute approximate surface area is 117 Å². The maximum Gasteiger partial charge on any atom is 0.416 e. The number of benzene rings is 1. The number of hydrogen-bond acceptors (Lipinski definition) is 4. The molecule has 0 amide bonds. The van der Waals surface area contributed by atoms with Crippen LogP contribution in [-0.4, -0.2) is 17.0 Å². The van der Waals surface area contributed by atoms with Crippen molar-refractivity contribution >= 4 is 5.82 Å². The number of methoxy groups -OCH3 is 1. The third-order valence-corrected chi connectivity index (χ3v) is 2.74. The highest BCUT2D eigenvalue weighted by Gasteiger charge is 2.30. The first-order chi connectivity index (χ1) is 9.82. The lowest BCUT2D eigenvalue weighted by Crippen LogP contribution is -2.04. The Morgan fingerprint density at radius 3 is 2.24 bits per heavy atom. The molecule has 110 valence electrons. The lowest BCUT2D eigenvalue weighted by molar-refractivity contribution is -0.389. The van der Waals surface area contributed by atoms with E-state index in [1.165, 1.54) is 25.3 Å². The number of hydrogen-bond donors (Lipinski definition) is 0. The zero-order valence-electron chi connectivity index (χ0n) is 10.7. The van der Waals surface area contributed by atoms with Crippen LogP contribution in [0.2, 0.25) is 0 Å². The molecule has 0 unspecified atom stereocenters. The summed E-state index contributed by atoms with van der Waals surface area (Å²) >= 11 is 0. The molecule has 0 atom stereocenters. The van der Waals surface area contributed by atoms with Crippen LogP contribution in [0, 0.1) is 10.1 Å². The molecule has 5 nitrogen and oxygen atoms in total. The molecule has 1 aromatic heterocycles. The molecule has 1 aromatic carbocycles. The van der Waals surface area contributed by atoms with Crippen LogP contribution in [0.15, 0.2) is 36.4 Å². The maximum atomic E-state index is 12.5. The first kappa shape index (κ1) is 14.8. The van der Waals surface area contributed by atoms with Crippen LogP contribution in [0.5, 0.6) is 5.75 Å². The number of alkyl halides is 3. The summed E-state index contributed by atoms with van der Waals surface area (Å²) in [5.41, 5.74) is -0.403. The highest BCUT2D eigenvalue weighted by atomic mass is 19.4. The molecule has 1 heterocycles. The number of nitro groups is 1. The molecule has 0 saturated heterocycles. The summed E-state index contributed by atoms with van der Waals surface area (Å²) in [5, 5.41) is 10.7. The minimum absolute atomic E-state index is 0.112. The third-order valence-electron chi connectivity index (χ3n) is 2.74. The van der Waals surface area contributed by atoms with Gasteiger partial charge in [-0.3, -0.25) is 0 Å². The molecule has 2 rings (SSSR count). The highest BCUT2D eigenvalue weighted by Crippen LogP contribution is 2.33. The van der Waals surface area contributed by atoms with E-state index in [1.807, 2.05) is 0 Å². The van der Waals surface area contributed by atoms with E-state index in [0.29, 0.717) is 5.56 Å². The zero-order valence-corrected chi connectivity index (χ0v) is 10.7. The topological polar surface area (TPSA) is 65.3 Å². The van der Waals surface area contributed by atoms with Crippen LogP contribution in [0.1, 0.15) is 5.56 Å². The lowest BCUT2D eigenvalue weighted by atomic mass is 10.1. The zero-order chi connectivity index (χ0) is 15.6. The molecule has 2 aromatic rings. The van der Waals surface area contributed by atoms with Gasteiger partial charge in [0, 0.05) is 11.6 Å². The fraction of sp³-hybridized carbons (Fsp3) is 0.154. The minimum atomic E-state index is -4.45. The average molecular weight is 298 g/mol. The summed E-state index contributed by atoms with van der Waals surface area (Å²) in [7, 11) is 1.34. The fourth-order valence-corrected chi connectivity index (χ4v) is 1.73. The fourth-order valence-electron chi connectivity index (χ4n) is 1.73. The Morgan fingerprint density at radius 1 is 1.14 bits per heavy atom. The van der Waals surface area contributed by atoms with E-state index < -0.39 is 22.5 Å². The van der Waals surface area contributed by atoms with E-state index in [0.717, 1.165) is 18.2 Å². The van der Waals surface area contributed by atoms with Gasteiger partial charge < -0.3 is 14.9 Å². The van der Waals surface area contributed by atoms with Crippen molar-refractivity contribution in [3.05, 3.63) is 52.1 Å². The number of ether oxygens (including phenoxy) is 1. The first-order valence-corrected chi connectivity index (χ1v) is 5.70. The number of halogens is 3. The van der Waals surface area contributed by atoms with Gasteiger partial charge in [-0.2, -0.15) is 13.2 Å². The monoisotopic (exact) mass is 298 g/mol. The Bertz CT molecular complexity index is 669. The second-order valence-electron chi connectivity index (χ2n) is 4.05. The van der Waals surface area contributed by atoms with Gasteiger partial charge in [-0.1, -0.05) is 0 Å². The molecule has 0 bridgehead atoms. The number of aromatic nitrogens is 1. The van der Waals surface area contributed by atoms with E-state index in [1.54, 1.807) is 0 Å². The van der Waals surface area contributed by atoms with Crippen molar-refractivity contribution in [1.82, 2.24) is 4.98 Å². The van der Waals surface area contributed by atoms with Crippen molar-refractivity contribution in [2.75, 3.05) is 7.11 Å². The third kappa shape index (κ3) is 3.10. The summed E-state index contributed by atoms with van der Waals surface area (Å²) in [4.78, 5) is 13.8. The van der Waals surface area contributed by atoms with E-state index in [2.05, 4.69) is 4.98 Å². The summed E-state index contributed by atoms with van der Waals surface area (Å²) in [5.74, 6) is -0.175. The summed E-state index contributed by atoms with van der Waals surface area (Å²) in [6.07, 6.45) is -4.45. The maximum absolute atomic E-state index is 12.5. The molecule has 0 spiro atoms. The average Bonchev–Trinajstić information content (AvgIpc) is 2.45. The van der Waals surface area contributed by atoms with Crippen molar-refractivity contribution in [1.29, 1.82) is 0 Å². The predicted octanol–water partition coefficient (Wildman–Crippen LogP) is 3.68. The van der Waals surface area contributed by atoms with Crippen molar-refractivity contribution in [3.8, 4) is 17.0 Å². The van der Waals surface area contributed by atoms with Crippen molar-refractivity contribution in [2.24, 2.45) is 0 Å². The Kier molecular flexibility index (Phi) is 3.79. The van der Waals surface area contributed by atoms with E-state index in [-0.39, 0.29) is 11.4 Å². The Balaban J connectivity index is 2.50. The smallest absolute Gasteiger partial charge is 0.416 e. The van der Waals surface area contributed by atoms with Gasteiger partial charge in [0.15, 0.2) is 5.75 Å². The Morgan fingerprint density at radius 2 is 1.76 bits per heavy atom. The molecule has 0 aliphatic heterocycles. The molecule has 21 heavy (non-hydrogen) atoms. The van der Waals surface area contributed by atoms with Gasteiger partial charge in [0.25, 0.3) is 0 Å². The molecule has 0 fully saturated rings. The molecular weight excluding hydrogens is 289 g/mol. The first-order valence-electron chi connectivity index (χ1n) is 5.70. The van der Waals surface area contributed by atoms with Gasteiger partial charge in [-0.25, -0.2) is 0 Å². The largest absolute Gasteiger partial charge is 0.492 e. The molecule has 0 radical (unpaired) electrons. The van der Waals surface area contributed by atoms with Gasteiger partial charge in [-0.05, 0) is 40.2 Å². The molecule has 0 aliphatic carbocycles. The van der Waals surface area contributed by atoms with Gasteiger partial charge in [0.2, 0.25) is 5.69 Å². The molecule has 0 N–H and O–H groups in total. The van der Waals surface area contributed by atoms with E-state index in [9.17, 15) is 23.3 Å². The van der Waals surface area contributed by atoms with Gasteiger partial charge in [0.1, 0.15) is 0 Å². The molecule has 0 aliphatic rings. The second-order valence-corrected chi connectivity index (χ2v) is 4.05. The normalized spacial score (nSPS) is 11.2. The van der Waals surface area contributed by atoms with E-state index in [4.69, 9.17) is 4.74 Å². The molecule has 0 saturated carbocycles. The highest BCUT2D eigenvalue weighted by molar-refractivity contribution is 5.67. The van der Waals surface area contributed by atoms with Crippen LogP contribution in [0.3, 0.4) is 0 Å². The number of pyridine rings is 1. The molecule has 8 heteroatoms. The van der Waals surface area contributed by atoms with Crippen LogP contribution >= 0.6 is 0 Å². The van der Waals surface area contributed by atoms with Crippen LogP contribution in [0.25, 0.3) is 11.3 Å². The van der Waals surface area contributed by atoms with Crippen LogP contribution in [0.4, 0.5) is 19.0 Å². The quantitative estimate of drug-likeness (QED) is 0.640. The summed E-state index contributed by atoms with van der Waals surface area (Å²) in [6, 6.07) is 6.66. The summed E-state index contributed by atoms with van der Waals surface area (Å²) < 4.78 is 42.5. The number of rotatable bonds is 3. The second kappa shape index (κ2) is 5.39. The summed E-state index contributed by atoms with van der Waals surface area (Å²) in [6.45, 7) is 0. The van der Waals surface area contributed by atoms with Gasteiger partial charge in [-0.15, -0.1) is 0 Å². The molecular formula is C13H9F3N2O3. The minimum Gasteiger partial charge on any atom is -0.492 e. The van der Waals surface area contributed by atoms with Gasteiger partial charge >= 0.3 is 12.0 Å².